The molecule has 0 saturated carbocycles. The van der Waals surface area contributed by atoms with Gasteiger partial charge in [0.2, 0.25) is 0 Å². The highest BCUT2D eigenvalue weighted by Gasteiger charge is 2.16. The molecule has 2 rings (SSSR count). The number of aliphatic hydroxyl groups is 1. The number of nitrogens with zero attached hydrogens (tertiary/aromatic N) is 4. The van der Waals surface area contributed by atoms with Crippen molar-refractivity contribution < 1.29 is 5.11 Å². The lowest BCUT2D eigenvalue weighted by atomic mass is 9.96. The van der Waals surface area contributed by atoms with Crippen molar-refractivity contribution in [3.05, 3.63) is 36.2 Å². The van der Waals surface area contributed by atoms with E-state index in [4.69, 9.17) is 0 Å². The predicted octanol–water partition coefficient (Wildman–Crippen LogP) is 2.11. The smallest absolute Gasteiger partial charge is 0.143 e. The highest BCUT2D eigenvalue weighted by molar-refractivity contribution is 5.34. The van der Waals surface area contributed by atoms with Gasteiger partial charge in [-0.2, -0.15) is 0 Å². The Labute approximate surface area is 131 Å². The molecular weight excluding hydrogens is 278 g/mol. The summed E-state index contributed by atoms with van der Waals surface area (Å²) in [6, 6.07) is 8.27. The number of aromatic nitrogens is 4. The molecule has 2 N–H and O–H groups in total. The van der Waals surface area contributed by atoms with E-state index in [0.29, 0.717) is 12.5 Å². The zero-order valence-corrected chi connectivity index (χ0v) is 13.5. The summed E-state index contributed by atoms with van der Waals surface area (Å²) in [6.07, 6.45) is 3.30. The molecule has 6 nitrogen and oxygen atoms in total. The summed E-state index contributed by atoms with van der Waals surface area (Å²) in [6.45, 7) is 6.96. The van der Waals surface area contributed by atoms with Crippen LogP contribution in [0.25, 0.3) is 5.69 Å². The third kappa shape index (κ3) is 4.11. The molecule has 0 aliphatic heterocycles. The molecule has 2 unspecified atom stereocenters. The Bertz CT molecular complexity index is 536. The molecule has 0 fully saturated rings. The quantitative estimate of drug-likeness (QED) is 0.781. The van der Waals surface area contributed by atoms with Gasteiger partial charge in [0, 0.05) is 12.6 Å². The zero-order valence-electron chi connectivity index (χ0n) is 13.5. The molecule has 1 aromatic heterocycles. The number of benzene rings is 1. The van der Waals surface area contributed by atoms with E-state index in [1.54, 1.807) is 11.0 Å². The van der Waals surface area contributed by atoms with Crippen molar-refractivity contribution in [2.45, 2.75) is 45.8 Å². The first-order valence-corrected chi connectivity index (χ1v) is 7.90. The van der Waals surface area contributed by atoms with Crippen LogP contribution >= 0.6 is 0 Å². The van der Waals surface area contributed by atoms with Gasteiger partial charge in [-0.25, -0.2) is 4.68 Å². The summed E-state index contributed by atoms with van der Waals surface area (Å²) in [5.41, 5.74) is 2.10. The average molecular weight is 303 g/mol. The molecule has 0 saturated heterocycles. The largest absolute Gasteiger partial charge is 0.392 e. The van der Waals surface area contributed by atoms with Crippen molar-refractivity contribution in [3.8, 4) is 5.69 Å². The molecule has 0 bridgehead atoms. The van der Waals surface area contributed by atoms with Crippen molar-refractivity contribution >= 4 is 0 Å². The second-order valence-corrected chi connectivity index (χ2v) is 5.62. The van der Waals surface area contributed by atoms with E-state index in [1.807, 2.05) is 12.1 Å². The SMILES string of the molecule is CCC(CC)C(O)CNC(C)c1ccc(-n2cnnn2)cc1. The molecule has 2 aromatic rings. The van der Waals surface area contributed by atoms with Crippen LogP contribution in [-0.4, -0.2) is 38.0 Å². The van der Waals surface area contributed by atoms with Crippen molar-refractivity contribution in [2.75, 3.05) is 6.54 Å². The summed E-state index contributed by atoms with van der Waals surface area (Å²) in [5, 5.41) is 24.7. The normalized spacial score (nSPS) is 14.2. The van der Waals surface area contributed by atoms with Gasteiger partial charge >= 0.3 is 0 Å². The van der Waals surface area contributed by atoms with Crippen LogP contribution < -0.4 is 5.32 Å². The molecule has 1 aromatic carbocycles. The Balaban J connectivity index is 1.91. The first kappa shape index (κ1) is 16.6. The van der Waals surface area contributed by atoms with Gasteiger partial charge in [0.05, 0.1) is 11.8 Å². The third-order valence-corrected chi connectivity index (χ3v) is 4.23. The number of hydrogen-bond donors (Lipinski definition) is 2. The van der Waals surface area contributed by atoms with E-state index in [9.17, 15) is 5.11 Å². The van der Waals surface area contributed by atoms with Crippen molar-refractivity contribution in [3.63, 3.8) is 0 Å². The van der Waals surface area contributed by atoms with Gasteiger partial charge in [0.1, 0.15) is 6.33 Å². The lowest BCUT2D eigenvalue weighted by molar-refractivity contribution is 0.0989. The topological polar surface area (TPSA) is 75.9 Å². The van der Waals surface area contributed by atoms with E-state index in [1.165, 1.54) is 5.56 Å². The van der Waals surface area contributed by atoms with E-state index in [0.717, 1.165) is 18.5 Å². The molecule has 1 heterocycles. The van der Waals surface area contributed by atoms with Gasteiger partial charge in [-0.05, 0) is 41.0 Å². The number of tetrazole rings is 1. The van der Waals surface area contributed by atoms with Gasteiger partial charge in [0.15, 0.2) is 0 Å². The molecule has 6 heteroatoms. The molecular formula is C16H25N5O. The van der Waals surface area contributed by atoms with Crippen molar-refractivity contribution in [1.29, 1.82) is 0 Å². The van der Waals surface area contributed by atoms with Gasteiger partial charge < -0.3 is 10.4 Å². The predicted molar refractivity (Wildman–Crippen MR) is 85.7 cm³/mol. The Morgan fingerprint density at radius 3 is 2.41 bits per heavy atom. The zero-order chi connectivity index (χ0) is 15.9. The molecule has 22 heavy (non-hydrogen) atoms. The number of rotatable bonds is 8. The minimum Gasteiger partial charge on any atom is -0.392 e. The second kappa shape index (κ2) is 8.00. The van der Waals surface area contributed by atoms with Gasteiger partial charge in [0.25, 0.3) is 0 Å². The summed E-state index contributed by atoms with van der Waals surface area (Å²) in [5.74, 6) is 0.363. The molecule has 0 radical (unpaired) electrons. The number of aliphatic hydroxyl groups excluding tert-OH is 1. The number of nitrogens with one attached hydrogen (secondary N) is 1. The summed E-state index contributed by atoms with van der Waals surface area (Å²) in [4.78, 5) is 0. The molecule has 0 spiro atoms. The first-order chi connectivity index (χ1) is 10.7. The maximum Gasteiger partial charge on any atom is 0.143 e. The van der Waals surface area contributed by atoms with E-state index in [2.05, 4.69) is 53.7 Å². The maximum atomic E-state index is 10.2. The van der Waals surface area contributed by atoms with Gasteiger partial charge in [-0.1, -0.05) is 38.8 Å². The molecule has 120 valence electrons. The lowest BCUT2D eigenvalue weighted by Crippen LogP contribution is -2.33. The van der Waals surface area contributed by atoms with Crippen LogP contribution in [0.1, 0.15) is 45.2 Å². The van der Waals surface area contributed by atoms with E-state index >= 15 is 0 Å². The monoisotopic (exact) mass is 303 g/mol. The van der Waals surface area contributed by atoms with Crippen LogP contribution in [0.5, 0.6) is 0 Å². The van der Waals surface area contributed by atoms with Gasteiger partial charge in [-0.3, -0.25) is 0 Å². The molecule has 0 aliphatic rings. The van der Waals surface area contributed by atoms with Crippen molar-refractivity contribution in [1.82, 2.24) is 25.5 Å². The Hall–Kier alpha value is -1.79. The average Bonchev–Trinajstić information content (AvgIpc) is 3.08. The third-order valence-electron chi connectivity index (χ3n) is 4.23. The standard InChI is InChI=1S/C16H25N5O/c1-4-13(5-2)16(22)10-17-12(3)14-6-8-15(9-7-14)21-11-18-19-20-21/h6-9,11-13,16-17,22H,4-5,10H2,1-3H3. The van der Waals surface area contributed by atoms with Crippen LogP contribution in [0.2, 0.25) is 0 Å². The van der Waals surface area contributed by atoms with Crippen LogP contribution in [0.3, 0.4) is 0 Å². The Morgan fingerprint density at radius 1 is 1.18 bits per heavy atom. The first-order valence-electron chi connectivity index (χ1n) is 7.90. The van der Waals surface area contributed by atoms with Gasteiger partial charge in [-0.15, -0.1) is 5.10 Å². The Morgan fingerprint density at radius 2 is 1.86 bits per heavy atom. The van der Waals surface area contributed by atoms with Crippen LogP contribution in [0.4, 0.5) is 0 Å². The van der Waals surface area contributed by atoms with Crippen LogP contribution in [0, 0.1) is 5.92 Å². The summed E-state index contributed by atoms with van der Waals surface area (Å²) >= 11 is 0. The fourth-order valence-electron chi connectivity index (χ4n) is 2.61. The fraction of sp³-hybridized carbons (Fsp3) is 0.562. The summed E-state index contributed by atoms with van der Waals surface area (Å²) in [7, 11) is 0. The lowest BCUT2D eigenvalue weighted by Gasteiger charge is -2.23. The highest BCUT2D eigenvalue weighted by Crippen LogP contribution is 2.17. The fourth-order valence-corrected chi connectivity index (χ4v) is 2.61. The number of hydrogen-bond acceptors (Lipinski definition) is 5. The molecule has 0 amide bonds. The molecule has 2 atom stereocenters. The van der Waals surface area contributed by atoms with E-state index < -0.39 is 0 Å². The van der Waals surface area contributed by atoms with Crippen LogP contribution in [-0.2, 0) is 0 Å². The van der Waals surface area contributed by atoms with E-state index in [-0.39, 0.29) is 12.1 Å². The van der Waals surface area contributed by atoms with Crippen LogP contribution in [0.15, 0.2) is 30.6 Å². The summed E-state index contributed by atoms with van der Waals surface area (Å²) < 4.78 is 1.62. The highest BCUT2D eigenvalue weighted by atomic mass is 16.3. The minimum absolute atomic E-state index is 0.187. The second-order valence-electron chi connectivity index (χ2n) is 5.62. The molecule has 0 aliphatic carbocycles. The maximum absolute atomic E-state index is 10.2. The van der Waals surface area contributed by atoms with Crippen molar-refractivity contribution in [2.24, 2.45) is 5.92 Å². The Kier molecular flexibility index (Phi) is 6.03. The minimum atomic E-state index is -0.294.